The second kappa shape index (κ2) is 7.45. The normalized spacial score (nSPS) is 11.7. The van der Waals surface area contributed by atoms with Crippen LogP contribution in [0.3, 0.4) is 0 Å². The summed E-state index contributed by atoms with van der Waals surface area (Å²) in [6.45, 7) is 5.68. The van der Waals surface area contributed by atoms with Crippen LogP contribution in [0.25, 0.3) is 16.5 Å². The molecule has 140 valence electrons. The molecule has 0 aliphatic rings. The topological polar surface area (TPSA) is 51.5 Å². The fraction of sp³-hybridized carbons (Fsp3) is 0.190. The lowest BCUT2D eigenvalue weighted by atomic mass is 10.0. The predicted molar refractivity (Wildman–Crippen MR) is 106 cm³/mol. The highest BCUT2D eigenvalue weighted by molar-refractivity contribution is 6.30. The summed E-state index contributed by atoms with van der Waals surface area (Å²) in [5, 5.41) is 3.74. The van der Waals surface area contributed by atoms with Crippen molar-refractivity contribution in [3.8, 4) is 5.75 Å². The van der Waals surface area contributed by atoms with E-state index in [1.165, 1.54) is 18.2 Å². The molecule has 1 N–H and O–H groups in total. The van der Waals surface area contributed by atoms with Crippen molar-refractivity contribution >= 4 is 39.7 Å². The molecule has 1 amide bonds. The van der Waals surface area contributed by atoms with Gasteiger partial charge in [-0.1, -0.05) is 11.6 Å². The summed E-state index contributed by atoms with van der Waals surface area (Å²) in [6, 6.07) is 7.82. The van der Waals surface area contributed by atoms with E-state index in [0.717, 1.165) is 33.9 Å². The Labute approximate surface area is 161 Å². The maximum absolute atomic E-state index is 13.9. The van der Waals surface area contributed by atoms with Crippen LogP contribution in [0, 0.1) is 19.7 Å². The number of ether oxygens (including phenoxy) is 1. The Morgan fingerprint density at radius 3 is 2.67 bits per heavy atom. The molecular weight excluding hydrogens is 369 g/mol. The Bertz CT molecular complexity index is 1070. The molecule has 0 radical (unpaired) electrons. The average Bonchev–Trinajstić information content (AvgIpc) is 2.89. The van der Waals surface area contributed by atoms with Crippen LogP contribution in [-0.4, -0.2) is 13.0 Å². The number of halogens is 2. The lowest BCUT2D eigenvalue weighted by molar-refractivity contribution is -0.111. The van der Waals surface area contributed by atoms with Crippen LogP contribution >= 0.6 is 11.6 Å². The van der Waals surface area contributed by atoms with E-state index >= 15 is 0 Å². The molecule has 0 saturated carbocycles. The van der Waals surface area contributed by atoms with E-state index in [2.05, 4.69) is 5.32 Å². The summed E-state index contributed by atoms with van der Waals surface area (Å²) >= 11 is 5.73. The minimum atomic E-state index is -0.592. The van der Waals surface area contributed by atoms with Crippen molar-refractivity contribution in [3.05, 3.63) is 64.1 Å². The monoisotopic (exact) mass is 387 g/mol. The van der Waals surface area contributed by atoms with Crippen LogP contribution in [0.15, 0.2) is 40.8 Å². The number of allylic oxidation sites excluding steroid dienone is 1. The van der Waals surface area contributed by atoms with Gasteiger partial charge in [0, 0.05) is 28.1 Å². The molecule has 0 unspecified atom stereocenters. The summed E-state index contributed by atoms with van der Waals surface area (Å²) in [5.74, 6) is 0.388. The van der Waals surface area contributed by atoms with Crippen molar-refractivity contribution in [1.29, 1.82) is 0 Å². The number of carbonyl (C=O) groups excluding carboxylic acids is 1. The molecule has 0 bridgehead atoms. The van der Waals surface area contributed by atoms with Crippen LogP contribution in [0.5, 0.6) is 5.75 Å². The number of benzene rings is 2. The lowest BCUT2D eigenvalue weighted by Gasteiger charge is -2.10. The largest absolute Gasteiger partial charge is 0.496 e. The van der Waals surface area contributed by atoms with Crippen molar-refractivity contribution in [2.75, 3.05) is 12.4 Å². The molecule has 4 nitrogen and oxygen atoms in total. The fourth-order valence-electron chi connectivity index (χ4n) is 2.88. The van der Waals surface area contributed by atoms with Gasteiger partial charge >= 0.3 is 0 Å². The van der Waals surface area contributed by atoms with E-state index in [0.29, 0.717) is 11.3 Å². The van der Waals surface area contributed by atoms with Crippen LogP contribution in [0.1, 0.15) is 23.8 Å². The maximum Gasteiger partial charge on any atom is 0.248 e. The van der Waals surface area contributed by atoms with Crippen LogP contribution in [0.2, 0.25) is 5.02 Å². The van der Waals surface area contributed by atoms with E-state index in [1.807, 2.05) is 19.9 Å². The second-order valence-electron chi connectivity index (χ2n) is 6.27. The quantitative estimate of drug-likeness (QED) is 0.567. The zero-order chi connectivity index (χ0) is 19.7. The first kappa shape index (κ1) is 19.0. The smallest absolute Gasteiger partial charge is 0.248 e. The zero-order valence-electron chi connectivity index (χ0n) is 15.4. The number of hydrogen-bond donors (Lipinski definition) is 1. The van der Waals surface area contributed by atoms with Gasteiger partial charge in [-0.25, -0.2) is 4.39 Å². The van der Waals surface area contributed by atoms with E-state index < -0.39 is 11.7 Å². The Kier molecular flexibility index (Phi) is 5.24. The Hall–Kier alpha value is -2.79. The first-order valence-corrected chi connectivity index (χ1v) is 8.70. The third-order valence-corrected chi connectivity index (χ3v) is 4.69. The van der Waals surface area contributed by atoms with Gasteiger partial charge in [-0.05, 0) is 56.2 Å². The van der Waals surface area contributed by atoms with Gasteiger partial charge in [-0.2, -0.15) is 0 Å². The van der Waals surface area contributed by atoms with Gasteiger partial charge in [-0.15, -0.1) is 0 Å². The highest BCUT2D eigenvalue weighted by atomic mass is 35.5. The number of carbonyl (C=O) groups is 1. The number of aryl methyl sites for hydroxylation is 2. The van der Waals surface area contributed by atoms with Gasteiger partial charge in [0.15, 0.2) is 0 Å². The number of furan rings is 1. The molecule has 0 aliphatic carbocycles. The summed E-state index contributed by atoms with van der Waals surface area (Å²) in [5.41, 5.74) is 3.28. The van der Waals surface area contributed by atoms with Crippen molar-refractivity contribution in [1.82, 2.24) is 0 Å². The second-order valence-corrected chi connectivity index (χ2v) is 6.71. The zero-order valence-corrected chi connectivity index (χ0v) is 16.2. The number of hydrogen-bond acceptors (Lipinski definition) is 3. The minimum absolute atomic E-state index is 0.0668. The number of anilines is 1. The summed E-state index contributed by atoms with van der Waals surface area (Å²) in [6.07, 6.45) is 1.40. The number of fused-ring (bicyclic) bond motifs is 1. The standard InChI is InChI=1S/C21H19ClFNO3/c1-11(7-21(25)24-18-6-5-14(22)8-17(18)23)15-9-16-12(2)13(3)27-20(16)10-19(15)26-4/h5-10H,1-4H3,(H,24,25)/b11-7+. The van der Waals surface area contributed by atoms with Crippen LogP contribution < -0.4 is 10.1 Å². The third kappa shape index (κ3) is 3.83. The molecule has 0 spiro atoms. The molecular formula is C21H19ClFNO3. The molecule has 0 saturated heterocycles. The van der Waals surface area contributed by atoms with Gasteiger partial charge in [0.2, 0.25) is 5.91 Å². The Balaban J connectivity index is 1.94. The molecule has 1 aromatic heterocycles. The van der Waals surface area contributed by atoms with Crippen molar-refractivity contribution in [2.45, 2.75) is 20.8 Å². The molecule has 3 aromatic rings. The molecule has 0 fully saturated rings. The molecule has 3 rings (SSSR count). The molecule has 6 heteroatoms. The highest BCUT2D eigenvalue weighted by Crippen LogP contribution is 2.34. The summed E-state index contributed by atoms with van der Waals surface area (Å²) in [7, 11) is 1.56. The van der Waals surface area contributed by atoms with Gasteiger partial charge in [0.1, 0.15) is 22.9 Å². The van der Waals surface area contributed by atoms with Crippen molar-refractivity contribution in [2.24, 2.45) is 0 Å². The van der Waals surface area contributed by atoms with Crippen molar-refractivity contribution in [3.63, 3.8) is 0 Å². The lowest BCUT2D eigenvalue weighted by Crippen LogP contribution is -2.10. The van der Waals surface area contributed by atoms with Crippen LogP contribution in [0.4, 0.5) is 10.1 Å². The van der Waals surface area contributed by atoms with E-state index in [4.69, 9.17) is 20.8 Å². The van der Waals surface area contributed by atoms with E-state index in [9.17, 15) is 9.18 Å². The molecule has 0 aliphatic heterocycles. The minimum Gasteiger partial charge on any atom is -0.496 e. The van der Waals surface area contributed by atoms with Gasteiger partial charge in [0.25, 0.3) is 0 Å². The van der Waals surface area contributed by atoms with Gasteiger partial charge in [-0.3, -0.25) is 4.79 Å². The molecule has 0 atom stereocenters. The average molecular weight is 388 g/mol. The summed E-state index contributed by atoms with van der Waals surface area (Å²) in [4.78, 5) is 12.3. The van der Waals surface area contributed by atoms with E-state index in [1.54, 1.807) is 20.1 Å². The number of nitrogens with one attached hydrogen (secondary N) is 1. The predicted octanol–water partition coefficient (Wildman–Crippen LogP) is 5.89. The SMILES string of the molecule is COc1cc2oc(C)c(C)c2cc1/C(C)=C/C(=O)Nc1ccc(Cl)cc1F. The molecule has 1 heterocycles. The highest BCUT2D eigenvalue weighted by Gasteiger charge is 2.14. The van der Waals surface area contributed by atoms with E-state index in [-0.39, 0.29) is 10.7 Å². The Morgan fingerprint density at radius 2 is 2.00 bits per heavy atom. The Morgan fingerprint density at radius 1 is 1.26 bits per heavy atom. The maximum atomic E-state index is 13.9. The number of amides is 1. The van der Waals surface area contributed by atoms with Gasteiger partial charge in [0.05, 0.1) is 12.8 Å². The fourth-order valence-corrected chi connectivity index (χ4v) is 3.04. The first-order chi connectivity index (χ1) is 12.8. The molecule has 2 aromatic carbocycles. The van der Waals surface area contributed by atoms with Crippen LogP contribution in [-0.2, 0) is 4.79 Å². The van der Waals surface area contributed by atoms with Crippen molar-refractivity contribution < 1.29 is 18.3 Å². The molecule has 27 heavy (non-hydrogen) atoms. The number of methoxy groups -OCH3 is 1. The van der Waals surface area contributed by atoms with Gasteiger partial charge < -0.3 is 14.5 Å². The first-order valence-electron chi connectivity index (χ1n) is 8.32. The summed E-state index contributed by atoms with van der Waals surface area (Å²) < 4.78 is 25.0. The number of rotatable bonds is 4. The third-order valence-electron chi connectivity index (χ3n) is 4.46.